The summed E-state index contributed by atoms with van der Waals surface area (Å²) in [5, 5.41) is 2.84. The topological polar surface area (TPSA) is 42.2 Å². The van der Waals surface area contributed by atoms with Crippen molar-refractivity contribution >= 4 is 17.5 Å². The zero-order valence-corrected chi connectivity index (χ0v) is 11.1. The van der Waals surface area contributed by atoms with Gasteiger partial charge in [-0.2, -0.15) is 0 Å². The Bertz CT molecular complexity index is 336. The summed E-state index contributed by atoms with van der Waals surface area (Å²) in [7, 11) is 0. The number of unbranched alkanes of at least 4 members (excludes halogenated alkanes) is 4. The van der Waals surface area contributed by atoms with Crippen molar-refractivity contribution < 1.29 is 9.21 Å². The highest BCUT2D eigenvalue weighted by atomic mass is 35.5. The maximum Gasteiger partial charge on any atom is 0.286 e. The monoisotopic (exact) mass is 257 g/mol. The average Bonchev–Trinajstić information content (AvgIpc) is 2.82. The van der Waals surface area contributed by atoms with Crippen molar-refractivity contribution in [1.29, 1.82) is 0 Å². The predicted octanol–water partition coefficient (Wildman–Crippen LogP) is 3.72. The van der Waals surface area contributed by atoms with Crippen molar-refractivity contribution in [2.24, 2.45) is 0 Å². The number of rotatable bonds is 8. The minimum Gasteiger partial charge on any atom is -0.455 e. The Morgan fingerprint density at radius 1 is 1.29 bits per heavy atom. The van der Waals surface area contributed by atoms with Gasteiger partial charge in [-0.1, -0.05) is 32.6 Å². The molecule has 0 aliphatic rings. The average molecular weight is 258 g/mol. The van der Waals surface area contributed by atoms with E-state index in [1.54, 1.807) is 12.1 Å². The van der Waals surface area contributed by atoms with Crippen molar-refractivity contribution in [1.82, 2.24) is 5.32 Å². The van der Waals surface area contributed by atoms with Gasteiger partial charge >= 0.3 is 0 Å². The lowest BCUT2D eigenvalue weighted by Gasteiger charge is -2.02. The summed E-state index contributed by atoms with van der Waals surface area (Å²) in [6.07, 6.45) is 5.93. The van der Waals surface area contributed by atoms with Gasteiger partial charge in [0, 0.05) is 6.54 Å². The number of halogens is 1. The SMILES string of the molecule is CCCCCCCNC(=O)c1ccc(CCl)o1. The molecule has 0 saturated heterocycles. The van der Waals surface area contributed by atoms with E-state index in [4.69, 9.17) is 16.0 Å². The highest BCUT2D eigenvalue weighted by Gasteiger charge is 2.09. The summed E-state index contributed by atoms with van der Waals surface area (Å²) in [6.45, 7) is 2.90. The van der Waals surface area contributed by atoms with Gasteiger partial charge in [0.15, 0.2) is 5.76 Å². The van der Waals surface area contributed by atoms with Crippen LogP contribution >= 0.6 is 11.6 Å². The quantitative estimate of drug-likeness (QED) is 0.570. The Kier molecular flexibility index (Phi) is 6.78. The molecule has 3 nitrogen and oxygen atoms in total. The fraction of sp³-hybridized carbons (Fsp3) is 0.615. The molecule has 4 heteroatoms. The molecule has 17 heavy (non-hydrogen) atoms. The zero-order valence-electron chi connectivity index (χ0n) is 10.3. The third-order valence-corrected chi connectivity index (χ3v) is 2.85. The van der Waals surface area contributed by atoms with Crippen LogP contribution in [0.3, 0.4) is 0 Å². The van der Waals surface area contributed by atoms with Crippen LogP contribution in [0, 0.1) is 0 Å². The lowest BCUT2D eigenvalue weighted by atomic mass is 10.1. The van der Waals surface area contributed by atoms with Crippen LogP contribution in [-0.2, 0) is 5.88 Å². The molecule has 0 aliphatic heterocycles. The third-order valence-electron chi connectivity index (χ3n) is 2.58. The lowest BCUT2D eigenvalue weighted by molar-refractivity contribution is 0.0924. The maximum atomic E-state index is 11.6. The van der Waals surface area contributed by atoms with Crippen LogP contribution < -0.4 is 5.32 Å². The Hall–Kier alpha value is -0.960. The van der Waals surface area contributed by atoms with Crippen molar-refractivity contribution in [2.45, 2.75) is 44.9 Å². The molecule has 1 N–H and O–H groups in total. The molecule has 0 radical (unpaired) electrons. The highest BCUT2D eigenvalue weighted by molar-refractivity contribution is 6.16. The van der Waals surface area contributed by atoms with Crippen LogP contribution in [0.25, 0.3) is 0 Å². The van der Waals surface area contributed by atoms with Crippen LogP contribution in [-0.4, -0.2) is 12.5 Å². The van der Waals surface area contributed by atoms with Gasteiger partial charge in [-0.05, 0) is 18.6 Å². The Morgan fingerprint density at radius 2 is 2.06 bits per heavy atom. The molecule has 0 unspecified atom stereocenters. The van der Waals surface area contributed by atoms with E-state index in [9.17, 15) is 4.79 Å². The first-order valence-electron chi connectivity index (χ1n) is 6.20. The van der Waals surface area contributed by atoms with E-state index < -0.39 is 0 Å². The molecule has 0 aromatic carbocycles. The van der Waals surface area contributed by atoms with E-state index in [-0.39, 0.29) is 5.91 Å². The first-order chi connectivity index (χ1) is 8.27. The second-order valence-electron chi connectivity index (χ2n) is 4.07. The van der Waals surface area contributed by atoms with Crippen LogP contribution in [0.15, 0.2) is 16.5 Å². The van der Waals surface area contributed by atoms with E-state index in [0.29, 0.717) is 23.9 Å². The largest absolute Gasteiger partial charge is 0.455 e. The molecular weight excluding hydrogens is 238 g/mol. The van der Waals surface area contributed by atoms with Gasteiger partial charge in [-0.25, -0.2) is 0 Å². The van der Waals surface area contributed by atoms with Crippen LogP contribution in [0.5, 0.6) is 0 Å². The summed E-state index contributed by atoms with van der Waals surface area (Å²) < 4.78 is 5.25. The molecule has 0 fully saturated rings. The Morgan fingerprint density at radius 3 is 2.71 bits per heavy atom. The van der Waals surface area contributed by atoms with E-state index >= 15 is 0 Å². The molecule has 0 aliphatic carbocycles. The molecular formula is C13H20ClNO2. The number of nitrogens with one attached hydrogen (secondary N) is 1. The number of carbonyl (C=O) groups is 1. The molecule has 1 rings (SSSR count). The number of amides is 1. The zero-order chi connectivity index (χ0) is 12.5. The summed E-state index contributed by atoms with van der Waals surface area (Å²) in [6, 6.07) is 3.38. The normalized spacial score (nSPS) is 10.5. The summed E-state index contributed by atoms with van der Waals surface area (Å²) in [5.41, 5.74) is 0. The van der Waals surface area contributed by atoms with Gasteiger partial charge in [0.2, 0.25) is 0 Å². The first-order valence-corrected chi connectivity index (χ1v) is 6.74. The number of furan rings is 1. The number of hydrogen-bond acceptors (Lipinski definition) is 2. The minimum absolute atomic E-state index is 0.156. The second kappa shape index (κ2) is 8.18. The first kappa shape index (κ1) is 14.1. The number of hydrogen-bond donors (Lipinski definition) is 1. The van der Waals surface area contributed by atoms with Gasteiger partial charge < -0.3 is 9.73 Å². The standard InChI is InChI=1S/C13H20ClNO2/c1-2-3-4-5-6-9-15-13(16)12-8-7-11(10-14)17-12/h7-8H,2-6,9-10H2,1H3,(H,15,16). The van der Waals surface area contributed by atoms with Gasteiger partial charge in [-0.3, -0.25) is 4.79 Å². The van der Waals surface area contributed by atoms with Crippen molar-refractivity contribution in [3.8, 4) is 0 Å². The van der Waals surface area contributed by atoms with E-state index in [0.717, 1.165) is 6.42 Å². The summed E-state index contributed by atoms with van der Waals surface area (Å²) >= 11 is 5.59. The molecule has 0 atom stereocenters. The Balaban J connectivity index is 2.16. The van der Waals surface area contributed by atoms with Crippen molar-refractivity contribution in [2.75, 3.05) is 6.54 Å². The van der Waals surface area contributed by atoms with Gasteiger partial charge in [0.25, 0.3) is 5.91 Å². The maximum absolute atomic E-state index is 11.6. The molecule has 1 aromatic heterocycles. The van der Waals surface area contributed by atoms with Crippen molar-refractivity contribution in [3.63, 3.8) is 0 Å². The summed E-state index contributed by atoms with van der Waals surface area (Å²) in [5.74, 6) is 1.11. The second-order valence-corrected chi connectivity index (χ2v) is 4.34. The molecule has 96 valence electrons. The van der Waals surface area contributed by atoms with E-state index in [1.807, 2.05) is 0 Å². The molecule has 1 amide bonds. The van der Waals surface area contributed by atoms with E-state index in [2.05, 4.69) is 12.2 Å². The van der Waals surface area contributed by atoms with Gasteiger partial charge in [0.05, 0.1) is 5.88 Å². The van der Waals surface area contributed by atoms with E-state index in [1.165, 1.54) is 25.7 Å². The summed E-state index contributed by atoms with van der Waals surface area (Å²) in [4.78, 5) is 11.6. The fourth-order valence-corrected chi connectivity index (χ4v) is 1.73. The smallest absolute Gasteiger partial charge is 0.286 e. The lowest BCUT2D eigenvalue weighted by Crippen LogP contribution is -2.23. The predicted molar refractivity (Wildman–Crippen MR) is 69.4 cm³/mol. The molecule has 1 aromatic rings. The fourth-order valence-electron chi connectivity index (χ4n) is 1.59. The van der Waals surface area contributed by atoms with Crippen LogP contribution in [0.2, 0.25) is 0 Å². The Labute approximate surface area is 108 Å². The van der Waals surface area contributed by atoms with Crippen LogP contribution in [0.1, 0.15) is 55.3 Å². The van der Waals surface area contributed by atoms with Gasteiger partial charge in [0.1, 0.15) is 5.76 Å². The molecule has 0 spiro atoms. The van der Waals surface area contributed by atoms with Gasteiger partial charge in [-0.15, -0.1) is 11.6 Å². The number of alkyl halides is 1. The molecule has 1 heterocycles. The highest BCUT2D eigenvalue weighted by Crippen LogP contribution is 2.10. The van der Waals surface area contributed by atoms with Crippen molar-refractivity contribution in [3.05, 3.63) is 23.7 Å². The minimum atomic E-state index is -0.156. The molecule has 0 saturated carbocycles. The number of carbonyl (C=O) groups excluding carboxylic acids is 1. The molecule has 0 bridgehead atoms. The third kappa shape index (κ3) is 5.26. The van der Waals surface area contributed by atoms with Crippen LogP contribution in [0.4, 0.5) is 0 Å².